The van der Waals surface area contributed by atoms with E-state index in [-0.39, 0.29) is 11.5 Å². The van der Waals surface area contributed by atoms with Crippen molar-refractivity contribution in [2.45, 2.75) is 13.8 Å². The van der Waals surface area contributed by atoms with Crippen LogP contribution in [0.2, 0.25) is 0 Å². The third-order valence-electron chi connectivity index (χ3n) is 2.28. The smallest absolute Gasteiger partial charge is 0.316 e. The lowest BCUT2D eigenvalue weighted by molar-refractivity contribution is -0.138. The molecule has 102 valence electrons. The first-order valence-corrected chi connectivity index (χ1v) is 5.89. The van der Waals surface area contributed by atoms with Crippen LogP contribution in [-0.4, -0.2) is 24.3 Å². The fraction of sp³-hybridized carbons (Fsp3) is 0.308. The molecule has 0 saturated heterocycles. The average molecular weight is 263 g/mol. The van der Waals surface area contributed by atoms with E-state index in [0.717, 1.165) is 0 Å². The van der Waals surface area contributed by atoms with Crippen LogP contribution >= 0.6 is 0 Å². The number of hydrogen-bond donors (Lipinski definition) is 3. The number of anilines is 1. The van der Waals surface area contributed by atoms with E-state index in [1.54, 1.807) is 0 Å². The van der Waals surface area contributed by atoms with Crippen LogP contribution in [0.4, 0.5) is 5.69 Å². The van der Waals surface area contributed by atoms with E-state index in [0.29, 0.717) is 12.2 Å². The predicted octanol–water partition coefficient (Wildman–Crippen LogP) is 0.297. The van der Waals surface area contributed by atoms with Crippen LogP contribution in [0.3, 0.4) is 0 Å². The molecule has 4 N–H and O–H groups in total. The first-order valence-electron chi connectivity index (χ1n) is 5.89. The Morgan fingerprint density at radius 2 is 1.68 bits per heavy atom. The van der Waals surface area contributed by atoms with Gasteiger partial charge in [-0.2, -0.15) is 0 Å². The quantitative estimate of drug-likeness (QED) is 0.539. The number of amides is 3. The zero-order valence-electron chi connectivity index (χ0n) is 10.9. The van der Waals surface area contributed by atoms with Crippen molar-refractivity contribution in [2.75, 3.05) is 12.3 Å². The summed E-state index contributed by atoms with van der Waals surface area (Å²) < 4.78 is 0. The Morgan fingerprint density at radius 1 is 1.11 bits per heavy atom. The standard InChI is InChI=1S/C13H17N3O3/c1-8(2)7-15-12(18)13(19)16-11(17)9-3-5-10(14)6-4-9/h3-6,8H,7,14H2,1-2H3,(H,15,18)(H,16,17,19). The molecule has 0 heterocycles. The van der Waals surface area contributed by atoms with Crippen molar-refractivity contribution in [1.82, 2.24) is 10.6 Å². The molecule has 0 aromatic heterocycles. The summed E-state index contributed by atoms with van der Waals surface area (Å²) in [4.78, 5) is 34.5. The van der Waals surface area contributed by atoms with Crippen molar-refractivity contribution in [3.8, 4) is 0 Å². The number of imide groups is 1. The molecule has 1 aromatic rings. The van der Waals surface area contributed by atoms with Crippen LogP contribution in [0.25, 0.3) is 0 Å². The van der Waals surface area contributed by atoms with Crippen molar-refractivity contribution in [1.29, 1.82) is 0 Å². The molecule has 6 heteroatoms. The number of carbonyl (C=O) groups excluding carboxylic acids is 3. The van der Waals surface area contributed by atoms with Gasteiger partial charge in [-0.05, 0) is 30.2 Å². The lowest BCUT2D eigenvalue weighted by atomic mass is 10.2. The summed E-state index contributed by atoms with van der Waals surface area (Å²) in [6.45, 7) is 4.18. The molecule has 0 bridgehead atoms. The second kappa shape index (κ2) is 6.53. The molecule has 1 rings (SSSR count). The number of hydrogen-bond acceptors (Lipinski definition) is 4. The van der Waals surface area contributed by atoms with Crippen LogP contribution < -0.4 is 16.4 Å². The Labute approximate surface area is 111 Å². The molecule has 0 fully saturated rings. The van der Waals surface area contributed by atoms with Gasteiger partial charge in [0, 0.05) is 17.8 Å². The highest BCUT2D eigenvalue weighted by molar-refractivity contribution is 6.38. The molecule has 0 radical (unpaired) electrons. The Hall–Kier alpha value is -2.37. The number of nitrogen functional groups attached to an aromatic ring is 1. The van der Waals surface area contributed by atoms with E-state index < -0.39 is 17.7 Å². The Bertz CT molecular complexity index is 480. The third-order valence-corrected chi connectivity index (χ3v) is 2.28. The van der Waals surface area contributed by atoms with Crippen LogP contribution in [0.15, 0.2) is 24.3 Å². The second-order valence-corrected chi connectivity index (χ2v) is 4.51. The van der Waals surface area contributed by atoms with E-state index >= 15 is 0 Å². The van der Waals surface area contributed by atoms with E-state index in [4.69, 9.17) is 5.73 Å². The van der Waals surface area contributed by atoms with Gasteiger partial charge < -0.3 is 11.1 Å². The fourth-order valence-corrected chi connectivity index (χ4v) is 1.24. The van der Waals surface area contributed by atoms with Gasteiger partial charge in [0.15, 0.2) is 0 Å². The molecule has 19 heavy (non-hydrogen) atoms. The molecule has 0 aliphatic heterocycles. The molecule has 3 amide bonds. The normalized spacial score (nSPS) is 10.1. The topological polar surface area (TPSA) is 101 Å². The number of nitrogens with one attached hydrogen (secondary N) is 2. The summed E-state index contributed by atoms with van der Waals surface area (Å²) in [5.74, 6) is -2.20. The lowest BCUT2D eigenvalue weighted by Crippen LogP contribution is -2.43. The van der Waals surface area contributed by atoms with Crippen LogP contribution in [0.5, 0.6) is 0 Å². The highest BCUT2D eigenvalue weighted by Gasteiger charge is 2.17. The average Bonchev–Trinajstić information content (AvgIpc) is 2.36. The maximum Gasteiger partial charge on any atom is 0.316 e. The maximum absolute atomic E-state index is 11.7. The van der Waals surface area contributed by atoms with Gasteiger partial charge in [-0.15, -0.1) is 0 Å². The van der Waals surface area contributed by atoms with Gasteiger partial charge in [-0.1, -0.05) is 13.8 Å². The van der Waals surface area contributed by atoms with Gasteiger partial charge >= 0.3 is 11.8 Å². The van der Waals surface area contributed by atoms with E-state index in [1.807, 2.05) is 19.2 Å². The zero-order valence-corrected chi connectivity index (χ0v) is 10.9. The minimum absolute atomic E-state index is 0.226. The zero-order chi connectivity index (χ0) is 14.4. The lowest BCUT2D eigenvalue weighted by Gasteiger charge is -2.07. The van der Waals surface area contributed by atoms with Crippen LogP contribution in [0.1, 0.15) is 24.2 Å². The van der Waals surface area contributed by atoms with Crippen LogP contribution in [-0.2, 0) is 9.59 Å². The third kappa shape index (κ3) is 4.79. The van der Waals surface area contributed by atoms with Crippen LogP contribution in [0, 0.1) is 5.92 Å². The van der Waals surface area contributed by atoms with Gasteiger partial charge in [0.05, 0.1) is 0 Å². The van der Waals surface area contributed by atoms with Crippen molar-refractivity contribution >= 4 is 23.4 Å². The summed E-state index contributed by atoms with van der Waals surface area (Å²) in [6.07, 6.45) is 0. The molecule has 1 aromatic carbocycles. The molecule has 0 saturated carbocycles. The molecule has 0 spiro atoms. The molecule has 6 nitrogen and oxygen atoms in total. The molecular formula is C13H17N3O3. The Kier molecular flexibility index (Phi) is 5.05. The Morgan fingerprint density at radius 3 is 2.21 bits per heavy atom. The van der Waals surface area contributed by atoms with Crippen molar-refractivity contribution < 1.29 is 14.4 Å². The molecule has 0 aliphatic rings. The van der Waals surface area contributed by atoms with Crippen molar-refractivity contribution in [3.63, 3.8) is 0 Å². The van der Waals surface area contributed by atoms with Gasteiger partial charge in [0.1, 0.15) is 0 Å². The van der Waals surface area contributed by atoms with Gasteiger partial charge in [-0.25, -0.2) is 0 Å². The van der Waals surface area contributed by atoms with Gasteiger partial charge in [-0.3, -0.25) is 19.7 Å². The van der Waals surface area contributed by atoms with Gasteiger partial charge in [0.2, 0.25) is 0 Å². The summed E-state index contributed by atoms with van der Waals surface area (Å²) >= 11 is 0. The molecule has 0 unspecified atom stereocenters. The highest BCUT2D eigenvalue weighted by atomic mass is 16.2. The molecular weight excluding hydrogens is 246 g/mol. The van der Waals surface area contributed by atoms with Gasteiger partial charge in [0.25, 0.3) is 5.91 Å². The highest BCUT2D eigenvalue weighted by Crippen LogP contribution is 2.04. The first kappa shape index (κ1) is 14.7. The number of carbonyl (C=O) groups is 3. The van der Waals surface area contributed by atoms with Crippen molar-refractivity contribution in [2.24, 2.45) is 5.92 Å². The largest absolute Gasteiger partial charge is 0.399 e. The summed E-state index contributed by atoms with van der Waals surface area (Å²) in [5.41, 5.74) is 6.26. The SMILES string of the molecule is CC(C)CNC(=O)C(=O)NC(=O)c1ccc(N)cc1. The monoisotopic (exact) mass is 263 g/mol. The fourth-order valence-electron chi connectivity index (χ4n) is 1.24. The second-order valence-electron chi connectivity index (χ2n) is 4.51. The minimum atomic E-state index is -0.970. The summed E-state index contributed by atoms with van der Waals surface area (Å²) in [7, 11) is 0. The van der Waals surface area contributed by atoms with E-state index in [9.17, 15) is 14.4 Å². The summed E-state index contributed by atoms with van der Waals surface area (Å²) in [6, 6.07) is 6.03. The molecule has 0 aliphatic carbocycles. The Balaban J connectivity index is 2.54. The number of nitrogens with two attached hydrogens (primary N) is 1. The number of rotatable bonds is 3. The van der Waals surface area contributed by atoms with E-state index in [2.05, 4.69) is 5.32 Å². The predicted molar refractivity (Wildman–Crippen MR) is 71.2 cm³/mol. The summed E-state index contributed by atoms with van der Waals surface area (Å²) in [5, 5.41) is 4.43. The maximum atomic E-state index is 11.7. The minimum Gasteiger partial charge on any atom is -0.399 e. The van der Waals surface area contributed by atoms with E-state index in [1.165, 1.54) is 24.3 Å². The first-order chi connectivity index (χ1) is 8.90. The van der Waals surface area contributed by atoms with Crippen molar-refractivity contribution in [3.05, 3.63) is 29.8 Å². The molecule has 0 atom stereocenters. The number of benzene rings is 1.